The summed E-state index contributed by atoms with van der Waals surface area (Å²) in [5.41, 5.74) is 0.985. The molecule has 0 aliphatic rings. The molecule has 0 radical (unpaired) electrons. The molecule has 0 atom stereocenters. The van der Waals surface area contributed by atoms with Crippen LogP contribution >= 0.6 is 0 Å². The monoisotopic (exact) mass is 314 g/mol. The van der Waals surface area contributed by atoms with Crippen LogP contribution < -0.4 is 10.1 Å². The van der Waals surface area contributed by atoms with Gasteiger partial charge >= 0.3 is 0 Å². The molecule has 5 nitrogen and oxygen atoms in total. The fraction of sp³-hybridized carbons (Fsp3) is 0.600. The van der Waals surface area contributed by atoms with Crippen LogP contribution in [0.5, 0.6) is 5.75 Å². The molecule has 0 heterocycles. The Morgan fingerprint density at radius 1 is 1.29 bits per heavy atom. The first kappa shape index (κ1) is 17.9. The van der Waals surface area contributed by atoms with E-state index >= 15 is 0 Å². The summed E-state index contributed by atoms with van der Waals surface area (Å²) in [5, 5.41) is 3.04. The Kier molecular flexibility index (Phi) is 6.64. The van der Waals surface area contributed by atoms with E-state index in [1.807, 2.05) is 27.0 Å². The third-order valence-corrected chi connectivity index (χ3v) is 5.67. The predicted octanol–water partition coefficient (Wildman–Crippen LogP) is 2.22. The summed E-state index contributed by atoms with van der Waals surface area (Å²) >= 11 is 0. The van der Waals surface area contributed by atoms with Crippen LogP contribution in [0.3, 0.4) is 0 Å². The SMILES string of the molecule is CCC(CC)N(C)S(=O)(=O)c1ccc(CNC)cc1OC. The van der Waals surface area contributed by atoms with Crippen molar-refractivity contribution in [3.8, 4) is 5.75 Å². The molecule has 120 valence electrons. The number of rotatable bonds is 8. The molecular weight excluding hydrogens is 288 g/mol. The van der Waals surface area contributed by atoms with E-state index in [9.17, 15) is 8.42 Å². The lowest BCUT2D eigenvalue weighted by molar-refractivity contribution is 0.345. The number of hydrogen-bond acceptors (Lipinski definition) is 4. The molecule has 0 saturated carbocycles. The van der Waals surface area contributed by atoms with E-state index in [0.29, 0.717) is 12.3 Å². The van der Waals surface area contributed by atoms with Gasteiger partial charge in [0, 0.05) is 19.6 Å². The van der Waals surface area contributed by atoms with Crippen molar-refractivity contribution in [1.29, 1.82) is 0 Å². The highest BCUT2D eigenvalue weighted by Gasteiger charge is 2.28. The molecule has 1 N–H and O–H groups in total. The molecule has 0 saturated heterocycles. The molecule has 0 aromatic heterocycles. The summed E-state index contributed by atoms with van der Waals surface area (Å²) in [6, 6.07) is 5.20. The van der Waals surface area contributed by atoms with Crippen molar-refractivity contribution in [2.24, 2.45) is 0 Å². The first-order valence-electron chi connectivity index (χ1n) is 7.21. The van der Waals surface area contributed by atoms with Gasteiger partial charge in [0.1, 0.15) is 10.6 Å². The first-order chi connectivity index (χ1) is 9.92. The Bertz CT molecular complexity index is 554. The van der Waals surface area contributed by atoms with Gasteiger partial charge in [0.25, 0.3) is 0 Å². The normalized spacial score (nSPS) is 12.1. The Balaban J connectivity index is 3.24. The van der Waals surface area contributed by atoms with Gasteiger partial charge in [-0.2, -0.15) is 4.31 Å². The third-order valence-electron chi connectivity index (χ3n) is 3.72. The number of ether oxygens (including phenoxy) is 1. The van der Waals surface area contributed by atoms with E-state index in [1.165, 1.54) is 11.4 Å². The van der Waals surface area contributed by atoms with Crippen molar-refractivity contribution >= 4 is 10.0 Å². The maximum absolute atomic E-state index is 12.8. The van der Waals surface area contributed by atoms with Crippen LogP contribution in [0.2, 0.25) is 0 Å². The molecule has 6 heteroatoms. The van der Waals surface area contributed by atoms with E-state index in [4.69, 9.17) is 4.74 Å². The summed E-state index contributed by atoms with van der Waals surface area (Å²) in [6.45, 7) is 4.65. The van der Waals surface area contributed by atoms with Gasteiger partial charge in [0.2, 0.25) is 10.0 Å². The molecule has 1 aromatic rings. The Morgan fingerprint density at radius 3 is 2.38 bits per heavy atom. The zero-order valence-corrected chi connectivity index (χ0v) is 14.3. The quantitative estimate of drug-likeness (QED) is 0.799. The van der Waals surface area contributed by atoms with Crippen molar-refractivity contribution in [2.75, 3.05) is 21.2 Å². The lowest BCUT2D eigenvalue weighted by Crippen LogP contribution is -2.36. The number of hydrogen-bond donors (Lipinski definition) is 1. The zero-order valence-electron chi connectivity index (χ0n) is 13.5. The number of benzene rings is 1. The largest absolute Gasteiger partial charge is 0.495 e. The lowest BCUT2D eigenvalue weighted by atomic mass is 10.2. The van der Waals surface area contributed by atoms with E-state index < -0.39 is 10.0 Å². The first-order valence-corrected chi connectivity index (χ1v) is 8.65. The molecule has 0 unspecified atom stereocenters. The van der Waals surface area contributed by atoms with Crippen LogP contribution in [0, 0.1) is 0 Å². The molecule has 0 fully saturated rings. The average Bonchev–Trinajstić information content (AvgIpc) is 2.48. The van der Waals surface area contributed by atoms with Crippen LogP contribution in [0.15, 0.2) is 23.1 Å². The van der Waals surface area contributed by atoms with Gasteiger partial charge in [0.05, 0.1) is 7.11 Å². The van der Waals surface area contributed by atoms with Crippen molar-refractivity contribution in [3.63, 3.8) is 0 Å². The fourth-order valence-electron chi connectivity index (χ4n) is 2.39. The minimum absolute atomic E-state index is 0.00306. The molecule has 0 spiro atoms. The molecule has 1 aromatic carbocycles. The van der Waals surface area contributed by atoms with Gasteiger partial charge in [-0.25, -0.2) is 8.42 Å². The summed E-state index contributed by atoms with van der Waals surface area (Å²) in [5.74, 6) is 0.389. The topological polar surface area (TPSA) is 58.6 Å². The third kappa shape index (κ3) is 3.96. The second-order valence-electron chi connectivity index (χ2n) is 5.01. The Morgan fingerprint density at radius 2 is 1.90 bits per heavy atom. The van der Waals surface area contributed by atoms with E-state index in [2.05, 4.69) is 5.32 Å². The van der Waals surface area contributed by atoms with Crippen molar-refractivity contribution in [2.45, 2.75) is 44.2 Å². The van der Waals surface area contributed by atoms with Crippen molar-refractivity contribution in [1.82, 2.24) is 9.62 Å². The molecule has 0 aliphatic carbocycles. The van der Waals surface area contributed by atoms with Crippen molar-refractivity contribution < 1.29 is 13.2 Å². The second kappa shape index (κ2) is 7.77. The van der Waals surface area contributed by atoms with E-state index in [1.54, 1.807) is 19.2 Å². The summed E-state index contributed by atoms with van der Waals surface area (Å²) in [7, 11) is 1.42. The molecular formula is C15H26N2O3S. The Labute approximate surface area is 128 Å². The average molecular weight is 314 g/mol. The smallest absolute Gasteiger partial charge is 0.246 e. The second-order valence-corrected chi connectivity index (χ2v) is 6.97. The number of nitrogens with zero attached hydrogens (tertiary/aromatic N) is 1. The van der Waals surface area contributed by atoms with E-state index in [-0.39, 0.29) is 10.9 Å². The van der Waals surface area contributed by atoms with E-state index in [0.717, 1.165) is 18.4 Å². The van der Waals surface area contributed by atoms with Gasteiger partial charge in [-0.15, -0.1) is 0 Å². The highest BCUT2D eigenvalue weighted by atomic mass is 32.2. The van der Waals surface area contributed by atoms with Gasteiger partial charge in [-0.05, 0) is 37.6 Å². The Hall–Kier alpha value is -1.11. The van der Waals surface area contributed by atoms with Gasteiger partial charge in [-0.1, -0.05) is 19.9 Å². The zero-order chi connectivity index (χ0) is 16.0. The minimum atomic E-state index is -3.55. The standard InChI is InChI=1S/C15H26N2O3S/c1-6-13(7-2)17(4)21(18,19)15-9-8-12(11-16-3)10-14(15)20-5/h8-10,13,16H,6-7,11H2,1-5H3. The minimum Gasteiger partial charge on any atom is -0.495 e. The maximum Gasteiger partial charge on any atom is 0.246 e. The van der Waals surface area contributed by atoms with Crippen LogP contribution in [-0.4, -0.2) is 40.0 Å². The number of nitrogens with one attached hydrogen (secondary N) is 1. The fourth-order valence-corrected chi connectivity index (χ4v) is 4.03. The molecule has 0 bridgehead atoms. The van der Waals surface area contributed by atoms with Crippen LogP contribution in [0.1, 0.15) is 32.3 Å². The highest BCUT2D eigenvalue weighted by molar-refractivity contribution is 7.89. The molecule has 1 rings (SSSR count). The van der Waals surface area contributed by atoms with Crippen molar-refractivity contribution in [3.05, 3.63) is 23.8 Å². The van der Waals surface area contributed by atoms with Crippen LogP contribution in [0.4, 0.5) is 0 Å². The highest BCUT2D eigenvalue weighted by Crippen LogP contribution is 2.29. The molecule has 21 heavy (non-hydrogen) atoms. The predicted molar refractivity (Wildman–Crippen MR) is 85.1 cm³/mol. The summed E-state index contributed by atoms with van der Waals surface area (Å²) in [4.78, 5) is 0.222. The maximum atomic E-state index is 12.8. The van der Waals surface area contributed by atoms with Crippen LogP contribution in [-0.2, 0) is 16.6 Å². The lowest BCUT2D eigenvalue weighted by Gasteiger charge is -2.26. The molecule has 0 amide bonds. The molecule has 0 aliphatic heterocycles. The summed E-state index contributed by atoms with van der Waals surface area (Å²) < 4.78 is 32.3. The number of methoxy groups -OCH3 is 1. The van der Waals surface area contributed by atoms with Gasteiger partial charge < -0.3 is 10.1 Å². The van der Waals surface area contributed by atoms with Crippen LogP contribution in [0.25, 0.3) is 0 Å². The van der Waals surface area contributed by atoms with Gasteiger partial charge in [0.15, 0.2) is 0 Å². The van der Waals surface area contributed by atoms with Gasteiger partial charge in [-0.3, -0.25) is 0 Å². The number of sulfonamides is 1. The summed E-state index contributed by atoms with van der Waals surface area (Å²) in [6.07, 6.45) is 1.57.